The third-order valence-electron chi connectivity index (χ3n) is 3.19. The molecular weight excluding hydrogens is 310 g/mol. The van der Waals surface area contributed by atoms with E-state index in [1.165, 1.54) is 0 Å². The van der Waals surface area contributed by atoms with Crippen LogP contribution in [0.1, 0.15) is 13.3 Å². The molecule has 1 fully saturated rings. The molecule has 1 aliphatic rings. The Bertz CT molecular complexity index is 467. The van der Waals surface area contributed by atoms with Gasteiger partial charge >= 0.3 is 0 Å². The van der Waals surface area contributed by atoms with Crippen LogP contribution >= 0.6 is 15.9 Å². The van der Waals surface area contributed by atoms with E-state index in [2.05, 4.69) is 36.1 Å². The summed E-state index contributed by atoms with van der Waals surface area (Å²) in [5.74, 6) is 1.62. The molecule has 6 nitrogen and oxygen atoms in total. The van der Waals surface area contributed by atoms with Crippen LogP contribution in [-0.4, -0.2) is 54.0 Å². The van der Waals surface area contributed by atoms with E-state index in [4.69, 9.17) is 0 Å². The SMILES string of the molecule is CNc1ncc(Br)c(N2CCCN(C(C)=O)CC2)n1. The summed E-state index contributed by atoms with van der Waals surface area (Å²) in [5.41, 5.74) is 0. The smallest absolute Gasteiger partial charge is 0.224 e. The Kier molecular flexibility index (Phi) is 4.57. The van der Waals surface area contributed by atoms with Crippen molar-refractivity contribution in [1.29, 1.82) is 0 Å². The Hall–Kier alpha value is -1.37. The second-order valence-electron chi connectivity index (χ2n) is 4.46. The van der Waals surface area contributed by atoms with Crippen molar-refractivity contribution in [3.05, 3.63) is 10.7 Å². The van der Waals surface area contributed by atoms with Gasteiger partial charge in [0.05, 0.1) is 4.47 Å². The number of rotatable bonds is 2. The number of carbonyl (C=O) groups excluding carboxylic acids is 1. The minimum Gasteiger partial charge on any atom is -0.357 e. The quantitative estimate of drug-likeness (QED) is 0.888. The lowest BCUT2D eigenvalue weighted by Gasteiger charge is -2.23. The summed E-state index contributed by atoms with van der Waals surface area (Å²) >= 11 is 3.49. The third-order valence-corrected chi connectivity index (χ3v) is 3.75. The lowest BCUT2D eigenvalue weighted by Crippen LogP contribution is -2.34. The van der Waals surface area contributed by atoms with Crippen molar-refractivity contribution in [2.75, 3.05) is 43.4 Å². The van der Waals surface area contributed by atoms with Crippen LogP contribution in [0.5, 0.6) is 0 Å². The predicted octanol–water partition coefficient (Wildman–Crippen LogP) is 1.34. The Morgan fingerprint density at radius 2 is 2.16 bits per heavy atom. The van der Waals surface area contributed by atoms with Crippen LogP contribution in [0.2, 0.25) is 0 Å². The zero-order chi connectivity index (χ0) is 13.8. The van der Waals surface area contributed by atoms with Gasteiger partial charge in [0.25, 0.3) is 0 Å². The zero-order valence-electron chi connectivity index (χ0n) is 11.2. The molecule has 0 saturated carbocycles. The summed E-state index contributed by atoms with van der Waals surface area (Å²) in [5, 5.41) is 2.94. The van der Waals surface area contributed by atoms with Gasteiger partial charge in [-0.05, 0) is 22.4 Å². The van der Waals surface area contributed by atoms with Gasteiger partial charge in [0.2, 0.25) is 11.9 Å². The van der Waals surface area contributed by atoms with E-state index in [-0.39, 0.29) is 5.91 Å². The highest BCUT2D eigenvalue weighted by atomic mass is 79.9. The fraction of sp³-hybridized carbons (Fsp3) is 0.583. The Morgan fingerprint density at radius 1 is 1.37 bits per heavy atom. The molecule has 1 amide bonds. The van der Waals surface area contributed by atoms with Gasteiger partial charge in [0, 0.05) is 46.3 Å². The van der Waals surface area contributed by atoms with Gasteiger partial charge < -0.3 is 15.1 Å². The van der Waals surface area contributed by atoms with Gasteiger partial charge in [-0.2, -0.15) is 4.98 Å². The van der Waals surface area contributed by atoms with Crippen molar-refractivity contribution < 1.29 is 4.79 Å². The van der Waals surface area contributed by atoms with Crippen molar-refractivity contribution in [1.82, 2.24) is 14.9 Å². The summed E-state index contributed by atoms with van der Waals surface area (Å²) in [7, 11) is 1.80. The third kappa shape index (κ3) is 3.34. The van der Waals surface area contributed by atoms with Gasteiger partial charge in [-0.3, -0.25) is 4.79 Å². The minimum atomic E-state index is 0.138. The summed E-state index contributed by atoms with van der Waals surface area (Å²) in [6.45, 7) is 4.85. The van der Waals surface area contributed by atoms with Gasteiger partial charge in [-0.25, -0.2) is 4.98 Å². The van der Waals surface area contributed by atoms with Crippen molar-refractivity contribution in [3.8, 4) is 0 Å². The first kappa shape index (κ1) is 14.0. The largest absolute Gasteiger partial charge is 0.357 e. The molecular formula is C12H18BrN5O. The average molecular weight is 328 g/mol. The number of aromatic nitrogens is 2. The van der Waals surface area contributed by atoms with Crippen molar-refractivity contribution in [3.63, 3.8) is 0 Å². The molecule has 19 heavy (non-hydrogen) atoms. The average Bonchev–Trinajstić information content (AvgIpc) is 2.65. The molecule has 0 radical (unpaired) electrons. The predicted molar refractivity (Wildman–Crippen MR) is 78.4 cm³/mol. The molecule has 0 bridgehead atoms. The standard InChI is InChI=1S/C12H18BrN5O/c1-9(19)17-4-3-5-18(7-6-17)11-10(13)8-15-12(14-2)16-11/h8H,3-7H2,1-2H3,(H,14,15,16). The van der Waals surface area contributed by atoms with E-state index in [0.29, 0.717) is 5.95 Å². The molecule has 0 aliphatic carbocycles. The van der Waals surface area contributed by atoms with Crippen LogP contribution in [0.4, 0.5) is 11.8 Å². The van der Waals surface area contributed by atoms with Crippen LogP contribution < -0.4 is 10.2 Å². The first-order valence-corrected chi connectivity index (χ1v) is 7.12. The fourth-order valence-electron chi connectivity index (χ4n) is 2.14. The fourth-order valence-corrected chi connectivity index (χ4v) is 2.59. The molecule has 0 spiro atoms. The van der Waals surface area contributed by atoms with E-state index in [0.717, 1.165) is 42.9 Å². The highest BCUT2D eigenvalue weighted by Crippen LogP contribution is 2.25. The molecule has 1 aliphatic heterocycles. The zero-order valence-corrected chi connectivity index (χ0v) is 12.8. The van der Waals surface area contributed by atoms with Crippen LogP contribution in [0.15, 0.2) is 10.7 Å². The number of hydrogen-bond acceptors (Lipinski definition) is 5. The van der Waals surface area contributed by atoms with Crippen LogP contribution in [0.25, 0.3) is 0 Å². The molecule has 0 unspecified atom stereocenters. The first-order chi connectivity index (χ1) is 9.11. The lowest BCUT2D eigenvalue weighted by atomic mass is 10.3. The lowest BCUT2D eigenvalue weighted by molar-refractivity contribution is -0.128. The van der Waals surface area contributed by atoms with Gasteiger partial charge in [0.15, 0.2) is 0 Å². The maximum absolute atomic E-state index is 11.4. The van der Waals surface area contributed by atoms with Crippen LogP contribution in [-0.2, 0) is 4.79 Å². The molecule has 0 atom stereocenters. The molecule has 104 valence electrons. The second kappa shape index (κ2) is 6.18. The number of amides is 1. The van der Waals surface area contributed by atoms with Crippen molar-refractivity contribution in [2.24, 2.45) is 0 Å². The number of halogens is 1. The Labute approximate surface area is 121 Å². The Balaban J connectivity index is 2.15. The second-order valence-corrected chi connectivity index (χ2v) is 5.32. The number of anilines is 2. The molecule has 7 heteroatoms. The van der Waals surface area contributed by atoms with E-state index in [1.807, 2.05) is 4.90 Å². The molecule has 1 saturated heterocycles. The van der Waals surface area contributed by atoms with E-state index in [9.17, 15) is 4.79 Å². The normalized spacial score (nSPS) is 16.2. The van der Waals surface area contributed by atoms with Gasteiger partial charge in [-0.15, -0.1) is 0 Å². The van der Waals surface area contributed by atoms with Crippen LogP contribution in [0.3, 0.4) is 0 Å². The summed E-state index contributed by atoms with van der Waals surface area (Å²) < 4.78 is 0.878. The Morgan fingerprint density at radius 3 is 2.84 bits per heavy atom. The van der Waals surface area contributed by atoms with Gasteiger partial charge in [-0.1, -0.05) is 0 Å². The number of carbonyl (C=O) groups is 1. The van der Waals surface area contributed by atoms with Crippen molar-refractivity contribution >= 4 is 33.6 Å². The molecule has 1 aromatic heterocycles. The highest BCUT2D eigenvalue weighted by Gasteiger charge is 2.19. The first-order valence-electron chi connectivity index (χ1n) is 6.32. The minimum absolute atomic E-state index is 0.138. The summed E-state index contributed by atoms with van der Waals surface area (Å²) in [6.07, 6.45) is 2.70. The number of hydrogen-bond donors (Lipinski definition) is 1. The molecule has 2 rings (SSSR count). The molecule has 2 heterocycles. The molecule has 0 aromatic carbocycles. The highest BCUT2D eigenvalue weighted by molar-refractivity contribution is 9.10. The van der Waals surface area contributed by atoms with E-state index >= 15 is 0 Å². The number of nitrogens with zero attached hydrogens (tertiary/aromatic N) is 4. The van der Waals surface area contributed by atoms with Crippen LogP contribution in [0, 0.1) is 0 Å². The topological polar surface area (TPSA) is 61.4 Å². The maximum Gasteiger partial charge on any atom is 0.224 e. The van der Waals surface area contributed by atoms with E-state index in [1.54, 1.807) is 20.2 Å². The summed E-state index contributed by atoms with van der Waals surface area (Å²) in [6, 6.07) is 0. The molecule has 1 N–H and O–H groups in total. The van der Waals surface area contributed by atoms with Gasteiger partial charge in [0.1, 0.15) is 5.82 Å². The molecule has 1 aromatic rings. The maximum atomic E-state index is 11.4. The monoisotopic (exact) mass is 327 g/mol. The summed E-state index contributed by atoms with van der Waals surface area (Å²) in [4.78, 5) is 24.1. The van der Waals surface area contributed by atoms with E-state index < -0.39 is 0 Å². The van der Waals surface area contributed by atoms with Crippen molar-refractivity contribution in [2.45, 2.75) is 13.3 Å². The number of nitrogens with one attached hydrogen (secondary N) is 1.